The summed E-state index contributed by atoms with van der Waals surface area (Å²) in [6.45, 7) is 0.0897. The van der Waals surface area contributed by atoms with Gasteiger partial charge in [0.1, 0.15) is 17.1 Å². The van der Waals surface area contributed by atoms with Gasteiger partial charge in [0.15, 0.2) is 16.9 Å². The van der Waals surface area contributed by atoms with E-state index in [-0.39, 0.29) is 53.5 Å². The topological polar surface area (TPSA) is 122 Å². The summed E-state index contributed by atoms with van der Waals surface area (Å²) in [5, 5.41) is 0.229. The molecule has 5 rings (SSSR count). The van der Waals surface area contributed by atoms with Crippen LogP contribution >= 0.6 is 0 Å². The van der Waals surface area contributed by atoms with Crippen LogP contribution in [0.5, 0.6) is 23.0 Å². The SMILES string of the molecule is COc1cc(-c2cc(=O)c3cc(OC(=O)CCCN4C(=O)c5ccccc5C4=O)ccc3o2)cc(OC)c1OC. The van der Waals surface area contributed by atoms with Crippen LogP contribution in [0.2, 0.25) is 0 Å². The van der Waals surface area contributed by atoms with Crippen LogP contribution < -0.4 is 24.4 Å². The second-order valence-electron chi connectivity index (χ2n) is 8.93. The van der Waals surface area contributed by atoms with Gasteiger partial charge in [-0.3, -0.25) is 24.1 Å². The molecule has 40 heavy (non-hydrogen) atoms. The van der Waals surface area contributed by atoms with Gasteiger partial charge in [0.2, 0.25) is 5.75 Å². The Kier molecular flexibility index (Phi) is 7.24. The van der Waals surface area contributed by atoms with Crippen molar-refractivity contribution in [2.75, 3.05) is 27.9 Å². The summed E-state index contributed by atoms with van der Waals surface area (Å²) in [6, 6.07) is 15.8. The summed E-state index contributed by atoms with van der Waals surface area (Å²) in [6.07, 6.45) is 0.207. The van der Waals surface area contributed by atoms with Gasteiger partial charge in [0.05, 0.1) is 37.8 Å². The fourth-order valence-electron chi connectivity index (χ4n) is 4.57. The summed E-state index contributed by atoms with van der Waals surface area (Å²) in [5.74, 6) is 0.374. The van der Waals surface area contributed by atoms with Crippen LogP contribution in [0.15, 0.2) is 69.9 Å². The van der Waals surface area contributed by atoms with Crippen LogP contribution in [0.3, 0.4) is 0 Å². The summed E-state index contributed by atoms with van der Waals surface area (Å²) >= 11 is 0. The van der Waals surface area contributed by atoms with Crippen molar-refractivity contribution in [1.82, 2.24) is 4.90 Å². The molecule has 3 aromatic carbocycles. The first kappa shape index (κ1) is 26.5. The number of amides is 2. The zero-order chi connectivity index (χ0) is 28.4. The van der Waals surface area contributed by atoms with Crippen molar-refractivity contribution in [3.63, 3.8) is 0 Å². The van der Waals surface area contributed by atoms with Crippen molar-refractivity contribution >= 4 is 28.8 Å². The molecule has 1 aromatic heterocycles. The number of hydrogen-bond donors (Lipinski definition) is 0. The number of benzene rings is 3. The highest BCUT2D eigenvalue weighted by Gasteiger charge is 2.34. The Bertz CT molecular complexity index is 1650. The van der Waals surface area contributed by atoms with Crippen molar-refractivity contribution in [2.24, 2.45) is 0 Å². The number of ether oxygens (including phenoxy) is 4. The van der Waals surface area contributed by atoms with Crippen LogP contribution in [0.25, 0.3) is 22.3 Å². The monoisotopic (exact) mass is 543 g/mol. The number of hydrogen-bond acceptors (Lipinski definition) is 9. The van der Waals surface area contributed by atoms with E-state index in [0.29, 0.717) is 39.5 Å². The van der Waals surface area contributed by atoms with Crippen molar-refractivity contribution < 1.29 is 37.7 Å². The van der Waals surface area contributed by atoms with Gasteiger partial charge in [-0.2, -0.15) is 0 Å². The molecule has 2 amide bonds. The lowest BCUT2D eigenvalue weighted by atomic mass is 10.1. The minimum atomic E-state index is -0.561. The van der Waals surface area contributed by atoms with E-state index in [1.807, 2.05) is 0 Å². The maximum atomic E-state index is 13.0. The van der Waals surface area contributed by atoms with Crippen LogP contribution in [-0.4, -0.2) is 50.6 Å². The zero-order valence-electron chi connectivity index (χ0n) is 22.0. The average Bonchev–Trinajstić information content (AvgIpc) is 3.21. The van der Waals surface area contributed by atoms with E-state index in [0.717, 1.165) is 4.90 Å². The summed E-state index contributed by atoms with van der Waals surface area (Å²) in [5.41, 5.74) is 1.22. The zero-order valence-corrected chi connectivity index (χ0v) is 22.0. The number of carbonyl (C=O) groups is 3. The quantitative estimate of drug-likeness (QED) is 0.171. The molecule has 0 bridgehead atoms. The number of rotatable bonds is 9. The molecular weight excluding hydrogens is 518 g/mol. The van der Waals surface area contributed by atoms with Gasteiger partial charge in [0.25, 0.3) is 11.8 Å². The molecule has 10 nitrogen and oxygen atoms in total. The Balaban J connectivity index is 1.27. The number of carbonyl (C=O) groups excluding carboxylic acids is 3. The van der Waals surface area contributed by atoms with Gasteiger partial charge in [-0.15, -0.1) is 0 Å². The van der Waals surface area contributed by atoms with Crippen molar-refractivity contribution in [2.45, 2.75) is 12.8 Å². The molecule has 0 atom stereocenters. The highest BCUT2D eigenvalue weighted by atomic mass is 16.5. The van der Waals surface area contributed by atoms with Gasteiger partial charge >= 0.3 is 5.97 Å². The molecule has 1 aliphatic heterocycles. The van der Waals surface area contributed by atoms with Crippen LogP contribution in [0.1, 0.15) is 33.6 Å². The predicted octanol–water partition coefficient (Wildman–Crippen LogP) is 4.47. The van der Waals surface area contributed by atoms with Crippen molar-refractivity contribution in [3.8, 4) is 34.3 Å². The summed E-state index contributed by atoms with van der Waals surface area (Å²) in [7, 11) is 4.48. The first-order valence-corrected chi connectivity index (χ1v) is 12.4. The van der Waals surface area contributed by atoms with E-state index in [2.05, 4.69) is 0 Å². The third-order valence-corrected chi connectivity index (χ3v) is 6.52. The van der Waals surface area contributed by atoms with Crippen LogP contribution in [0, 0.1) is 0 Å². The second kappa shape index (κ2) is 10.9. The Morgan fingerprint density at radius 3 is 2.08 bits per heavy atom. The lowest BCUT2D eigenvalue weighted by molar-refractivity contribution is -0.134. The first-order chi connectivity index (χ1) is 19.3. The summed E-state index contributed by atoms with van der Waals surface area (Å²) < 4.78 is 27.5. The second-order valence-corrected chi connectivity index (χ2v) is 8.93. The highest BCUT2D eigenvalue weighted by molar-refractivity contribution is 6.21. The lowest BCUT2D eigenvalue weighted by Crippen LogP contribution is -2.31. The van der Waals surface area contributed by atoms with E-state index in [9.17, 15) is 19.2 Å². The maximum Gasteiger partial charge on any atom is 0.311 e. The minimum absolute atomic E-state index is 0.0277. The minimum Gasteiger partial charge on any atom is -0.493 e. The van der Waals surface area contributed by atoms with Gasteiger partial charge in [-0.25, -0.2) is 0 Å². The third kappa shape index (κ3) is 4.86. The van der Waals surface area contributed by atoms with Gasteiger partial charge in [-0.1, -0.05) is 12.1 Å². The van der Waals surface area contributed by atoms with Gasteiger partial charge < -0.3 is 23.4 Å². The molecule has 4 aromatic rings. The maximum absolute atomic E-state index is 13.0. The normalized spacial score (nSPS) is 12.4. The van der Waals surface area contributed by atoms with E-state index in [1.165, 1.54) is 39.5 Å². The van der Waals surface area contributed by atoms with Crippen LogP contribution in [-0.2, 0) is 4.79 Å². The smallest absolute Gasteiger partial charge is 0.311 e. The Morgan fingerprint density at radius 2 is 1.48 bits per heavy atom. The Labute approximate surface area is 228 Å². The predicted molar refractivity (Wildman–Crippen MR) is 144 cm³/mol. The van der Waals surface area contributed by atoms with E-state index in [4.69, 9.17) is 23.4 Å². The largest absolute Gasteiger partial charge is 0.493 e. The van der Waals surface area contributed by atoms with E-state index < -0.39 is 5.97 Å². The molecule has 10 heteroatoms. The fraction of sp³-hybridized carbons (Fsp3) is 0.200. The molecule has 0 fully saturated rings. The number of esters is 1. The van der Waals surface area contributed by atoms with E-state index >= 15 is 0 Å². The molecule has 0 unspecified atom stereocenters. The lowest BCUT2D eigenvalue weighted by Gasteiger charge is -2.14. The third-order valence-electron chi connectivity index (χ3n) is 6.52. The van der Waals surface area contributed by atoms with Gasteiger partial charge in [0, 0.05) is 24.6 Å². The van der Waals surface area contributed by atoms with Gasteiger partial charge in [-0.05, 0) is 48.9 Å². The Morgan fingerprint density at radius 1 is 0.825 bits per heavy atom. The highest BCUT2D eigenvalue weighted by Crippen LogP contribution is 2.41. The molecule has 0 spiro atoms. The Hall–Kier alpha value is -5.12. The summed E-state index contributed by atoms with van der Waals surface area (Å²) in [4.78, 5) is 51.5. The van der Waals surface area contributed by atoms with E-state index in [1.54, 1.807) is 42.5 Å². The number of fused-ring (bicyclic) bond motifs is 2. The number of imide groups is 1. The molecule has 0 N–H and O–H groups in total. The molecule has 0 saturated heterocycles. The van der Waals surface area contributed by atoms with Crippen molar-refractivity contribution in [1.29, 1.82) is 0 Å². The molecule has 0 saturated carbocycles. The van der Waals surface area contributed by atoms with Crippen molar-refractivity contribution in [3.05, 3.63) is 82.0 Å². The first-order valence-electron chi connectivity index (χ1n) is 12.4. The average molecular weight is 544 g/mol. The molecule has 204 valence electrons. The molecule has 0 radical (unpaired) electrons. The fourth-order valence-corrected chi connectivity index (χ4v) is 4.57. The molecule has 1 aliphatic rings. The number of methoxy groups -OCH3 is 3. The number of nitrogens with zero attached hydrogens (tertiary/aromatic N) is 1. The molecule has 0 aliphatic carbocycles. The standard InChI is InChI=1S/C30H25NO9/c1-36-25-13-17(14-26(37-2)28(25)38-3)24-16-22(32)21-15-18(10-11-23(21)40-24)39-27(33)9-6-12-31-29(34)19-7-4-5-8-20(19)30(31)35/h4-5,7-8,10-11,13-16H,6,9,12H2,1-3H3. The molecule has 2 heterocycles. The molecular formula is C30H25NO9. The van der Waals surface area contributed by atoms with Crippen LogP contribution in [0.4, 0.5) is 0 Å².